The molecule has 0 aromatic heterocycles. The van der Waals surface area contributed by atoms with Gasteiger partial charge in [0.15, 0.2) is 0 Å². The van der Waals surface area contributed by atoms with Gasteiger partial charge in [0.1, 0.15) is 5.75 Å². The molecular weight excluding hydrogens is 276 g/mol. The lowest BCUT2D eigenvalue weighted by Gasteiger charge is -2.07. The van der Waals surface area contributed by atoms with Crippen LogP contribution in [0.2, 0.25) is 5.02 Å². The summed E-state index contributed by atoms with van der Waals surface area (Å²) >= 11 is 5.82. The number of benzene rings is 2. The van der Waals surface area contributed by atoms with Crippen molar-refractivity contribution >= 4 is 29.2 Å². The summed E-state index contributed by atoms with van der Waals surface area (Å²) in [4.78, 5) is 11.4. The van der Waals surface area contributed by atoms with E-state index in [1.54, 1.807) is 49.6 Å². The number of aliphatic carboxylic acids is 1. The Morgan fingerprint density at radius 1 is 1.15 bits per heavy atom. The van der Waals surface area contributed by atoms with E-state index in [-0.39, 0.29) is 5.57 Å². The summed E-state index contributed by atoms with van der Waals surface area (Å²) in [6, 6.07) is 13.9. The zero-order valence-corrected chi connectivity index (χ0v) is 11.6. The minimum Gasteiger partial charge on any atom is -0.496 e. The number of rotatable bonds is 4. The second-order valence-electron chi connectivity index (χ2n) is 4.11. The van der Waals surface area contributed by atoms with Gasteiger partial charge in [0.25, 0.3) is 0 Å². The average molecular weight is 289 g/mol. The van der Waals surface area contributed by atoms with Gasteiger partial charge in [-0.1, -0.05) is 41.9 Å². The van der Waals surface area contributed by atoms with Crippen molar-refractivity contribution in [2.45, 2.75) is 0 Å². The van der Waals surface area contributed by atoms with Crippen molar-refractivity contribution in [3.05, 3.63) is 64.7 Å². The number of carboxylic acid groups (broad SMARTS) is 1. The van der Waals surface area contributed by atoms with Crippen molar-refractivity contribution in [1.82, 2.24) is 0 Å². The first-order valence-electron chi connectivity index (χ1n) is 5.96. The summed E-state index contributed by atoms with van der Waals surface area (Å²) in [5.74, 6) is -0.376. The zero-order chi connectivity index (χ0) is 14.5. The third-order valence-electron chi connectivity index (χ3n) is 2.82. The second-order valence-corrected chi connectivity index (χ2v) is 4.55. The molecule has 0 aliphatic carbocycles. The Morgan fingerprint density at radius 2 is 1.80 bits per heavy atom. The van der Waals surface area contributed by atoms with Crippen molar-refractivity contribution in [2.24, 2.45) is 0 Å². The van der Waals surface area contributed by atoms with Gasteiger partial charge in [-0.05, 0) is 29.8 Å². The van der Waals surface area contributed by atoms with Gasteiger partial charge >= 0.3 is 5.97 Å². The highest BCUT2D eigenvalue weighted by Gasteiger charge is 2.11. The second kappa shape index (κ2) is 6.26. The minimum atomic E-state index is -1.00. The maximum Gasteiger partial charge on any atom is 0.336 e. The fraction of sp³-hybridized carbons (Fsp3) is 0.0625. The van der Waals surface area contributed by atoms with Gasteiger partial charge in [0.05, 0.1) is 12.7 Å². The Kier molecular flexibility index (Phi) is 4.43. The number of ether oxygens (including phenoxy) is 1. The van der Waals surface area contributed by atoms with Gasteiger partial charge in [0, 0.05) is 10.6 Å². The van der Waals surface area contributed by atoms with E-state index in [9.17, 15) is 9.90 Å². The summed E-state index contributed by atoms with van der Waals surface area (Å²) in [5, 5.41) is 9.94. The molecular formula is C16H13ClO3. The Hall–Kier alpha value is -2.26. The van der Waals surface area contributed by atoms with Gasteiger partial charge in [0.2, 0.25) is 0 Å². The molecule has 20 heavy (non-hydrogen) atoms. The van der Waals surface area contributed by atoms with E-state index in [2.05, 4.69) is 0 Å². The van der Waals surface area contributed by atoms with E-state index in [0.717, 1.165) is 0 Å². The third kappa shape index (κ3) is 3.19. The topological polar surface area (TPSA) is 46.5 Å². The van der Waals surface area contributed by atoms with Gasteiger partial charge in [-0.3, -0.25) is 0 Å². The fourth-order valence-corrected chi connectivity index (χ4v) is 1.97. The largest absolute Gasteiger partial charge is 0.496 e. The molecule has 0 bridgehead atoms. The first-order valence-corrected chi connectivity index (χ1v) is 6.33. The monoisotopic (exact) mass is 288 g/mol. The Morgan fingerprint density at radius 3 is 2.40 bits per heavy atom. The molecule has 0 heterocycles. The number of hydrogen-bond acceptors (Lipinski definition) is 2. The van der Waals surface area contributed by atoms with Crippen LogP contribution in [0.5, 0.6) is 5.75 Å². The van der Waals surface area contributed by atoms with Gasteiger partial charge in [-0.25, -0.2) is 4.79 Å². The molecule has 0 fully saturated rings. The Labute approximate surface area is 122 Å². The van der Waals surface area contributed by atoms with Crippen LogP contribution in [0.15, 0.2) is 48.5 Å². The highest BCUT2D eigenvalue weighted by Crippen LogP contribution is 2.25. The molecule has 2 aromatic rings. The van der Waals surface area contributed by atoms with Gasteiger partial charge < -0.3 is 9.84 Å². The number of carboxylic acids is 1. The molecule has 2 rings (SSSR count). The molecule has 0 unspecified atom stereocenters. The molecule has 2 aromatic carbocycles. The standard InChI is InChI=1S/C16H13ClO3/c1-20-15-5-3-2-4-12(15)10-14(16(18)19)11-6-8-13(17)9-7-11/h2-10H,1H3,(H,18,19)/b14-10+. The van der Waals surface area contributed by atoms with Crippen LogP contribution >= 0.6 is 11.6 Å². The van der Waals surface area contributed by atoms with Crippen molar-refractivity contribution in [3.63, 3.8) is 0 Å². The predicted octanol–water partition coefficient (Wildman–Crippen LogP) is 3.97. The van der Waals surface area contributed by atoms with Crippen LogP contribution < -0.4 is 4.74 Å². The number of hydrogen-bond donors (Lipinski definition) is 1. The van der Waals surface area contributed by atoms with Crippen LogP contribution in [0.4, 0.5) is 0 Å². The lowest BCUT2D eigenvalue weighted by Crippen LogP contribution is -2.00. The van der Waals surface area contributed by atoms with Crippen molar-refractivity contribution in [3.8, 4) is 5.75 Å². The average Bonchev–Trinajstić information content (AvgIpc) is 2.46. The van der Waals surface area contributed by atoms with E-state index in [0.29, 0.717) is 21.9 Å². The molecule has 0 aliphatic heterocycles. The van der Waals surface area contributed by atoms with E-state index >= 15 is 0 Å². The molecule has 0 saturated carbocycles. The molecule has 102 valence electrons. The number of halogens is 1. The van der Waals surface area contributed by atoms with Crippen LogP contribution in [0.25, 0.3) is 11.6 Å². The summed E-state index contributed by atoms with van der Waals surface area (Å²) < 4.78 is 5.22. The first kappa shape index (κ1) is 14.2. The number of methoxy groups -OCH3 is 1. The SMILES string of the molecule is COc1ccccc1/C=C(/C(=O)O)c1ccc(Cl)cc1. The van der Waals surface area contributed by atoms with Crippen molar-refractivity contribution in [1.29, 1.82) is 0 Å². The number of para-hydroxylation sites is 1. The lowest BCUT2D eigenvalue weighted by molar-refractivity contribution is -0.130. The van der Waals surface area contributed by atoms with E-state index in [4.69, 9.17) is 16.3 Å². The maximum atomic E-state index is 11.4. The molecule has 0 saturated heterocycles. The zero-order valence-electron chi connectivity index (χ0n) is 10.8. The highest BCUT2D eigenvalue weighted by molar-refractivity contribution is 6.30. The molecule has 0 amide bonds. The van der Waals surface area contributed by atoms with Gasteiger partial charge in [-0.2, -0.15) is 0 Å². The first-order chi connectivity index (χ1) is 9.61. The molecule has 4 heteroatoms. The predicted molar refractivity (Wildman–Crippen MR) is 80.0 cm³/mol. The van der Waals surface area contributed by atoms with Crippen molar-refractivity contribution < 1.29 is 14.6 Å². The quantitative estimate of drug-likeness (QED) is 0.684. The molecule has 0 radical (unpaired) electrons. The molecule has 0 aliphatic rings. The highest BCUT2D eigenvalue weighted by atomic mass is 35.5. The summed E-state index contributed by atoms with van der Waals surface area (Å²) in [5.41, 5.74) is 1.49. The van der Waals surface area contributed by atoms with Crippen LogP contribution in [0.1, 0.15) is 11.1 Å². The van der Waals surface area contributed by atoms with Crippen molar-refractivity contribution in [2.75, 3.05) is 7.11 Å². The molecule has 1 N–H and O–H groups in total. The van der Waals surface area contributed by atoms with Crippen LogP contribution in [0.3, 0.4) is 0 Å². The van der Waals surface area contributed by atoms with Crippen LogP contribution in [-0.4, -0.2) is 18.2 Å². The normalized spacial score (nSPS) is 11.2. The maximum absolute atomic E-state index is 11.4. The van der Waals surface area contributed by atoms with E-state index in [1.165, 1.54) is 0 Å². The third-order valence-corrected chi connectivity index (χ3v) is 3.08. The van der Waals surface area contributed by atoms with Crippen LogP contribution in [-0.2, 0) is 4.79 Å². The summed E-state index contributed by atoms with van der Waals surface area (Å²) in [6.07, 6.45) is 1.59. The Balaban J connectivity index is 2.50. The number of carbonyl (C=O) groups is 1. The Bertz CT molecular complexity index is 645. The summed E-state index contributed by atoms with van der Waals surface area (Å²) in [6.45, 7) is 0. The molecule has 0 atom stereocenters. The molecule has 3 nitrogen and oxygen atoms in total. The lowest BCUT2D eigenvalue weighted by atomic mass is 10.0. The summed E-state index contributed by atoms with van der Waals surface area (Å²) in [7, 11) is 1.55. The van der Waals surface area contributed by atoms with Gasteiger partial charge in [-0.15, -0.1) is 0 Å². The van der Waals surface area contributed by atoms with E-state index in [1.807, 2.05) is 12.1 Å². The van der Waals surface area contributed by atoms with Crippen LogP contribution in [0, 0.1) is 0 Å². The smallest absolute Gasteiger partial charge is 0.336 e. The fourth-order valence-electron chi connectivity index (χ4n) is 1.84. The van der Waals surface area contributed by atoms with E-state index < -0.39 is 5.97 Å². The minimum absolute atomic E-state index is 0.186. The molecule has 0 spiro atoms.